The molecule has 16 rings (SSSR count). The quantitative estimate of drug-likeness (QED) is 0.141. The molecule has 12 aromatic rings. The molecular formula is C64H59BrF3N15O3. The third kappa shape index (κ3) is 9.96. The normalized spacial score (nSPS) is 16.3. The third-order valence-corrected chi connectivity index (χ3v) is 18.3. The minimum Gasteiger partial charge on any atom is -0.494 e. The minimum absolute atomic E-state index is 0.180. The summed E-state index contributed by atoms with van der Waals surface area (Å²) in [7, 11) is 6.56. The highest BCUT2D eigenvalue weighted by Crippen LogP contribution is 2.49. The van der Waals surface area contributed by atoms with E-state index in [2.05, 4.69) is 85.3 Å². The molecule has 0 radical (unpaired) electrons. The standard InChI is InChI=1S/C24H25FN6O.C24H24FN5O.C16H10BrFN4O/c1-29-14-24(15-29)4-7-30(8-5-24)16-11-27-23-19(12-28-31(23)13-16)17-3-6-26-21-10-20(25)22(32-2)9-18(17)21;1-31-22-11-18-17(3-8-26-21(18)12-20(22)25)19-14-28-30-15-16(13-27-23(19)30)29-9-6-24(7-10-29)4-2-5-24;1-23-15-4-11-10(2-3-19-14(11)5-13(15)18)12-7-21-22-8-9(17)6-20-16(12)22/h3,6,9-13H,4-5,7-8,14-15H2,1-2H3;3,8,11-15H,2,4-7,9-10H2,1H3;2-8H,1H3. The molecule has 436 valence electrons. The van der Waals surface area contributed by atoms with Gasteiger partial charge in [-0.05, 0) is 125 Å². The average Bonchev–Trinajstić information content (AvgIpc) is 1.96. The largest absolute Gasteiger partial charge is 0.494 e. The third-order valence-electron chi connectivity index (χ3n) is 17.9. The fourth-order valence-corrected chi connectivity index (χ4v) is 13.5. The van der Waals surface area contributed by atoms with Crippen molar-refractivity contribution in [2.45, 2.75) is 44.9 Å². The summed E-state index contributed by atoms with van der Waals surface area (Å²) >= 11 is 3.37. The molecule has 3 aromatic carbocycles. The van der Waals surface area contributed by atoms with E-state index in [0.29, 0.717) is 33.0 Å². The number of ether oxygens (including phenoxy) is 3. The molecule has 1 aliphatic carbocycles. The Balaban J connectivity index is 0.000000116. The van der Waals surface area contributed by atoms with Gasteiger partial charge >= 0.3 is 0 Å². The van der Waals surface area contributed by atoms with E-state index in [0.717, 1.165) is 103 Å². The molecule has 4 fully saturated rings. The van der Waals surface area contributed by atoms with Gasteiger partial charge in [0.1, 0.15) is 0 Å². The van der Waals surface area contributed by atoms with E-state index in [4.69, 9.17) is 24.2 Å². The first kappa shape index (κ1) is 54.9. The second-order valence-corrected chi connectivity index (χ2v) is 23.9. The van der Waals surface area contributed by atoms with Gasteiger partial charge in [-0.25, -0.2) is 41.7 Å². The molecule has 3 saturated heterocycles. The minimum atomic E-state index is -0.438. The van der Waals surface area contributed by atoms with E-state index in [1.807, 2.05) is 58.2 Å². The number of methoxy groups -OCH3 is 3. The van der Waals surface area contributed by atoms with Crippen LogP contribution in [0, 0.1) is 28.3 Å². The Kier molecular flexibility index (Phi) is 14.1. The molecule has 86 heavy (non-hydrogen) atoms. The maximum atomic E-state index is 14.2. The predicted molar refractivity (Wildman–Crippen MR) is 328 cm³/mol. The van der Waals surface area contributed by atoms with E-state index in [9.17, 15) is 13.2 Å². The van der Waals surface area contributed by atoms with Crippen molar-refractivity contribution in [3.8, 4) is 50.6 Å². The summed E-state index contributed by atoms with van der Waals surface area (Å²) < 4.78 is 63.8. The van der Waals surface area contributed by atoms with Gasteiger partial charge in [-0.3, -0.25) is 15.0 Å². The van der Waals surface area contributed by atoms with Gasteiger partial charge in [-0.15, -0.1) is 0 Å². The van der Waals surface area contributed by atoms with E-state index in [1.54, 1.807) is 53.7 Å². The van der Waals surface area contributed by atoms with Crippen molar-refractivity contribution in [1.82, 2.24) is 63.6 Å². The van der Waals surface area contributed by atoms with Gasteiger partial charge in [0.2, 0.25) is 0 Å². The van der Waals surface area contributed by atoms with Crippen LogP contribution >= 0.6 is 15.9 Å². The van der Waals surface area contributed by atoms with Crippen LogP contribution in [0.4, 0.5) is 24.5 Å². The van der Waals surface area contributed by atoms with Crippen LogP contribution in [0.3, 0.4) is 0 Å². The summed E-state index contributed by atoms with van der Waals surface area (Å²) in [5, 5.41) is 15.9. The van der Waals surface area contributed by atoms with Gasteiger partial charge in [0.15, 0.2) is 51.6 Å². The topological polar surface area (TPSA) is 167 Å². The van der Waals surface area contributed by atoms with E-state index >= 15 is 0 Å². The van der Waals surface area contributed by atoms with Crippen molar-refractivity contribution >= 4 is 77.0 Å². The van der Waals surface area contributed by atoms with Crippen molar-refractivity contribution < 1.29 is 27.4 Å². The molecule has 18 nitrogen and oxygen atoms in total. The molecule has 0 atom stereocenters. The van der Waals surface area contributed by atoms with Crippen LogP contribution in [0.5, 0.6) is 17.2 Å². The van der Waals surface area contributed by atoms with Crippen molar-refractivity contribution in [1.29, 1.82) is 0 Å². The lowest BCUT2D eigenvalue weighted by molar-refractivity contribution is 0.00130. The molecule has 0 N–H and O–H groups in total. The molecule has 0 amide bonds. The molecule has 12 heterocycles. The Labute approximate surface area is 500 Å². The van der Waals surface area contributed by atoms with E-state index in [-0.39, 0.29) is 17.2 Å². The Bertz CT molecular complexity index is 4560. The Morgan fingerprint density at radius 2 is 0.814 bits per heavy atom. The molecule has 3 aliphatic heterocycles. The van der Waals surface area contributed by atoms with Gasteiger partial charge < -0.3 is 28.9 Å². The lowest BCUT2D eigenvalue weighted by Gasteiger charge is -2.53. The zero-order chi connectivity index (χ0) is 58.8. The summed E-state index contributed by atoms with van der Waals surface area (Å²) in [5.74, 6) is -0.719. The molecule has 1 saturated carbocycles. The van der Waals surface area contributed by atoms with Gasteiger partial charge in [0.25, 0.3) is 0 Å². The number of rotatable bonds is 8. The van der Waals surface area contributed by atoms with Gasteiger partial charge in [0.05, 0.1) is 97.1 Å². The first-order chi connectivity index (χ1) is 41.9. The lowest BCUT2D eigenvalue weighted by atomic mass is 9.63. The van der Waals surface area contributed by atoms with E-state index in [1.165, 1.54) is 97.6 Å². The number of fused-ring (bicyclic) bond motifs is 6. The summed E-state index contributed by atoms with van der Waals surface area (Å²) in [4.78, 5) is 34.0. The summed E-state index contributed by atoms with van der Waals surface area (Å²) in [6.45, 7) is 6.71. The molecule has 9 aromatic heterocycles. The zero-order valence-electron chi connectivity index (χ0n) is 47.8. The molecule has 0 bridgehead atoms. The number of benzene rings is 3. The van der Waals surface area contributed by atoms with E-state index < -0.39 is 17.5 Å². The molecule has 2 spiro atoms. The first-order valence-corrected chi connectivity index (χ1v) is 29.4. The van der Waals surface area contributed by atoms with Crippen LogP contribution in [0.2, 0.25) is 0 Å². The van der Waals surface area contributed by atoms with Crippen LogP contribution < -0.4 is 24.0 Å². The summed E-state index contributed by atoms with van der Waals surface area (Å²) in [6.07, 6.45) is 31.1. The van der Waals surface area contributed by atoms with Crippen molar-refractivity contribution in [3.05, 3.63) is 151 Å². The number of nitrogens with zero attached hydrogens (tertiary/aromatic N) is 15. The Hall–Kier alpha value is -9.02. The summed E-state index contributed by atoms with van der Waals surface area (Å²) in [5.41, 5.74) is 12.6. The van der Waals surface area contributed by atoms with Crippen LogP contribution in [0.15, 0.2) is 133 Å². The average molecular weight is 1220 g/mol. The maximum Gasteiger partial charge on any atom is 0.167 e. The fraction of sp³-hybridized carbons (Fsp3) is 0.297. The van der Waals surface area contributed by atoms with Crippen LogP contribution in [0.25, 0.3) is 83.0 Å². The number of likely N-dealkylation sites (tertiary alicyclic amines) is 1. The highest BCUT2D eigenvalue weighted by molar-refractivity contribution is 9.10. The second-order valence-electron chi connectivity index (χ2n) is 23.0. The van der Waals surface area contributed by atoms with Crippen molar-refractivity contribution in [2.75, 3.05) is 77.4 Å². The lowest BCUT2D eigenvalue weighted by Crippen LogP contribution is -2.58. The number of anilines is 2. The van der Waals surface area contributed by atoms with Crippen molar-refractivity contribution in [3.63, 3.8) is 0 Å². The Morgan fingerprint density at radius 1 is 0.442 bits per heavy atom. The highest BCUT2D eigenvalue weighted by Gasteiger charge is 2.43. The van der Waals surface area contributed by atoms with Gasteiger partial charge in [-0.2, -0.15) is 15.3 Å². The molecule has 22 heteroatoms. The second kappa shape index (κ2) is 22.1. The smallest absolute Gasteiger partial charge is 0.167 e. The predicted octanol–water partition coefficient (Wildman–Crippen LogP) is 12.3. The maximum absolute atomic E-state index is 14.2. The molecule has 4 aliphatic rings. The number of aromatic nitrogens is 12. The van der Waals surface area contributed by atoms with Crippen LogP contribution in [-0.4, -0.2) is 131 Å². The van der Waals surface area contributed by atoms with Crippen LogP contribution in [-0.2, 0) is 0 Å². The highest BCUT2D eigenvalue weighted by atomic mass is 79.9. The SMILES string of the molecule is COc1cc2c(-c3cnn4cc(Br)cnc34)ccnc2cc1F.COc1cc2c(-c3cnn4cc(N5CCC6(CC5)CN(C)C6)cnc34)ccnc2cc1F.COc1cc2c(-c3cnn4cc(N5CCC6(CCC6)CC5)cnc34)ccnc2cc1F. The number of pyridine rings is 3. The van der Waals surface area contributed by atoms with Crippen LogP contribution in [0.1, 0.15) is 44.9 Å². The number of hydrogen-bond acceptors (Lipinski definition) is 15. The number of hydrogen-bond donors (Lipinski definition) is 0. The Morgan fingerprint density at radius 3 is 1.17 bits per heavy atom. The van der Waals surface area contributed by atoms with Crippen molar-refractivity contribution in [2.24, 2.45) is 10.8 Å². The first-order valence-electron chi connectivity index (χ1n) is 28.6. The fourth-order valence-electron chi connectivity index (χ4n) is 13.2. The monoisotopic (exact) mass is 1220 g/mol. The van der Waals surface area contributed by atoms with Gasteiger partial charge in [0, 0.05) is 121 Å². The summed E-state index contributed by atoms with van der Waals surface area (Å²) in [6, 6.07) is 14.9. The molecule has 0 unspecified atom stereocenters. The zero-order valence-corrected chi connectivity index (χ0v) is 49.3. The molecular weight excluding hydrogens is 1160 g/mol. The number of halogens is 4. The van der Waals surface area contributed by atoms with Gasteiger partial charge in [-0.1, -0.05) is 6.42 Å². The number of piperidine rings is 2.